The van der Waals surface area contributed by atoms with E-state index >= 15 is 0 Å². The highest BCUT2D eigenvalue weighted by Crippen LogP contribution is 2.65. The van der Waals surface area contributed by atoms with E-state index in [4.69, 9.17) is 4.98 Å². The summed E-state index contributed by atoms with van der Waals surface area (Å²) >= 11 is 1.85. The summed E-state index contributed by atoms with van der Waals surface area (Å²) in [5.74, 6) is 0. The molecule has 3 nitrogen and oxygen atoms in total. The molecule has 0 saturated heterocycles. The fourth-order valence-corrected chi connectivity index (χ4v) is 11.8. The molecule has 0 atom stereocenters. The summed E-state index contributed by atoms with van der Waals surface area (Å²) in [4.78, 5) is 10.1. The molecule has 2 heterocycles. The van der Waals surface area contributed by atoms with Crippen molar-refractivity contribution in [2.45, 2.75) is 5.41 Å². The number of nitrogens with zero attached hydrogens (tertiary/aromatic N) is 3. The SMILES string of the molecule is c1ccc(N(c2ccccc2)c2ccc(-c3cc(N(c4ccccc4)c4ccc5sc6ccccc6c5c4)cc4c3-c3ccccc3C43c4ccccc4-c4ccccc43)nc2)cc1. The van der Waals surface area contributed by atoms with Crippen LogP contribution >= 0.6 is 11.3 Å². The Balaban J connectivity index is 1.10. The lowest BCUT2D eigenvalue weighted by Gasteiger charge is -2.32. The van der Waals surface area contributed by atoms with E-state index in [1.807, 2.05) is 17.5 Å². The molecule has 13 rings (SSSR count). The van der Waals surface area contributed by atoms with Crippen LogP contribution in [0, 0.1) is 0 Å². The molecule has 2 aromatic heterocycles. The first-order valence-corrected chi connectivity index (χ1v) is 22.7. The fourth-order valence-electron chi connectivity index (χ4n) is 10.7. The van der Waals surface area contributed by atoms with Gasteiger partial charge in [-0.3, -0.25) is 4.98 Å². The lowest BCUT2D eigenvalue weighted by atomic mass is 9.70. The highest BCUT2D eigenvalue weighted by atomic mass is 32.1. The molecule has 64 heavy (non-hydrogen) atoms. The van der Waals surface area contributed by atoms with E-state index in [2.05, 4.69) is 240 Å². The number of anilines is 6. The molecule has 0 fully saturated rings. The second-order valence-electron chi connectivity index (χ2n) is 16.7. The van der Waals surface area contributed by atoms with Crippen LogP contribution in [0.25, 0.3) is 53.7 Å². The van der Waals surface area contributed by atoms with Crippen LogP contribution in [0.2, 0.25) is 0 Å². The molecule has 2 aliphatic rings. The van der Waals surface area contributed by atoms with E-state index in [0.717, 1.165) is 45.4 Å². The highest BCUT2D eigenvalue weighted by molar-refractivity contribution is 7.25. The van der Waals surface area contributed by atoms with Crippen LogP contribution in [-0.4, -0.2) is 4.98 Å². The molecule has 0 N–H and O–H groups in total. The molecule has 1 spiro atoms. The maximum absolute atomic E-state index is 5.43. The lowest BCUT2D eigenvalue weighted by molar-refractivity contribution is 0.794. The molecule has 0 amide bonds. The van der Waals surface area contributed by atoms with Gasteiger partial charge in [0.15, 0.2) is 0 Å². The molecule has 0 saturated carbocycles. The predicted octanol–water partition coefficient (Wildman–Crippen LogP) is 16.4. The molecule has 2 aliphatic carbocycles. The first-order chi connectivity index (χ1) is 31.8. The van der Waals surface area contributed by atoms with Gasteiger partial charge in [0, 0.05) is 54.2 Å². The van der Waals surface area contributed by atoms with Crippen molar-refractivity contribution >= 4 is 65.6 Å². The molecule has 0 aliphatic heterocycles. The van der Waals surface area contributed by atoms with Crippen molar-refractivity contribution in [1.29, 1.82) is 0 Å². The molecule has 4 heteroatoms. The number of para-hydroxylation sites is 3. The minimum Gasteiger partial charge on any atom is -0.310 e. The Kier molecular flexibility index (Phi) is 8.30. The zero-order chi connectivity index (χ0) is 42.2. The zero-order valence-corrected chi connectivity index (χ0v) is 35.6. The molecule has 0 radical (unpaired) electrons. The Hall–Kier alpha value is -8.05. The number of fused-ring (bicyclic) bond motifs is 13. The zero-order valence-electron chi connectivity index (χ0n) is 34.8. The van der Waals surface area contributed by atoms with Crippen molar-refractivity contribution in [1.82, 2.24) is 4.98 Å². The van der Waals surface area contributed by atoms with Gasteiger partial charge in [-0.2, -0.15) is 0 Å². The summed E-state index contributed by atoms with van der Waals surface area (Å²) in [6, 6.07) is 84.1. The number of aromatic nitrogens is 1. The van der Waals surface area contributed by atoms with Crippen LogP contribution in [0.4, 0.5) is 34.1 Å². The summed E-state index contributed by atoms with van der Waals surface area (Å²) in [6.07, 6.45) is 2.04. The quantitative estimate of drug-likeness (QED) is 0.159. The van der Waals surface area contributed by atoms with E-state index in [-0.39, 0.29) is 0 Å². The van der Waals surface area contributed by atoms with Gasteiger partial charge < -0.3 is 9.80 Å². The molecule has 9 aromatic carbocycles. The minimum atomic E-state index is -0.545. The Morgan fingerprint density at radius 1 is 0.328 bits per heavy atom. The summed E-state index contributed by atoms with van der Waals surface area (Å²) in [5, 5.41) is 2.55. The fraction of sp³-hybridized carbons (Fsp3) is 0.0167. The van der Waals surface area contributed by atoms with E-state index < -0.39 is 5.41 Å². The largest absolute Gasteiger partial charge is 0.310 e. The third-order valence-electron chi connectivity index (χ3n) is 13.3. The minimum absolute atomic E-state index is 0.545. The monoisotopic (exact) mass is 833 g/mol. The summed E-state index contributed by atoms with van der Waals surface area (Å²) in [6.45, 7) is 0. The average Bonchev–Trinajstić information content (AvgIpc) is 3.99. The molecule has 300 valence electrons. The third-order valence-corrected chi connectivity index (χ3v) is 14.4. The van der Waals surface area contributed by atoms with E-state index in [0.29, 0.717) is 0 Å². The van der Waals surface area contributed by atoms with Crippen LogP contribution in [0.3, 0.4) is 0 Å². The number of rotatable bonds is 7. The Morgan fingerprint density at radius 2 is 0.828 bits per heavy atom. The molecule has 11 aromatic rings. The second kappa shape index (κ2) is 14.5. The molecular formula is C60H39N3S. The Labute approximate surface area is 376 Å². The maximum atomic E-state index is 5.43. The van der Waals surface area contributed by atoms with Crippen LogP contribution in [0.1, 0.15) is 22.3 Å². The standard InChI is InChI=1S/C60H39N3S/c1-4-18-40(19-5-1)62(41-20-6-2-7-21-41)44-32-34-56(61-39-44)51-37-45(63(42-22-8-3-9-23-42)43-33-35-58-50(36-43)48-26-13-17-31-57(48)64-58)38-55-59(51)49-27-12-16-30-54(49)60(55)52-28-14-10-24-46(52)47-25-11-15-29-53(47)60/h1-39H. The van der Waals surface area contributed by atoms with Crippen LogP contribution in [0.15, 0.2) is 237 Å². The van der Waals surface area contributed by atoms with Crippen LogP contribution < -0.4 is 9.80 Å². The molecule has 0 unspecified atom stereocenters. The van der Waals surface area contributed by atoms with Crippen LogP contribution in [-0.2, 0) is 5.41 Å². The molecule has 0 bridgehead atoms. The smallest absolute Gasteiger partial charge is 0.0726 e. The van der Waals surface area contributed by atoms with E-state index in [1.54, 1.807) is 0 Å². The van der Waals surface area contributed by atoms with Gasteiger partial charge in [0.1, 0.15) is 0 Å². The van der Waals surface area contributed by atoms with E-state index in [9.17, 15) is 0 Å². The summed E-state index contributed by atoms with van der Waals surface area (Å²) in [7, 11) is 0. The van der Waals surface area contributed by atoms with Crippen molar-refractivity contribution in [2.24, 2.45) is 0 Å². The van der Waals surface area contributed by atoms with E-state index in [1.165, 1.54) is 64.7 Å². The molecular weight excluding hydrogens is 795 g/mol. The maximum Gasteiger partial charge on any atom is 0.0726 e. The van der Waals surface area contributed by atoms with Gasteiger partial charge in [0.05, 0.1) is 23.0 Å². The van der Waals surface area contributed by atoms with Gasteiger partial charge in [-0.25, -0.2) is 0 Å². The van der Waals surface area contributed by atoms with Crippen molar-refractivity contribution in [3.63, 3.8) is 0 Å². The van der Waals surface area contributed by atoms with Crippen LogP contribution in [0.5, 0.6) is 0 Å². The number of pyridine rings is 1. The Bertz CT molecular complexity index is 3480. The van der Waals surface area contributed by atoms with Gasteiger partial charge in [0.25, 0.3) is 0 Å². The average molecular weight is 834 g/mol. The number of thiophene rings is 1. The topological polar surface area (TPSA) is 19.4 Å². The first-order valence-electron chi connectivity index (χ1n) is 21.9. The van der Waals surface area contributed by atoms with Gasteiger partial charge in [-0.05, 0) is 129 Å². The summed E-state index contributed by atoms with van der Waals surface area (Å²) < 4.78 is 2.58. The lowest BCUT2D eigenvalue weighted by Crippen LogP contribution is -2.26. The van der Waals surface area contributed by atoms with Gasteiger partial charge in [0.2, 0.25) is 0 Å². The number of hydrogen-bond acceptors (Lipinski definition) is 4. The second-order valence-corrected chi connectivity index (χ2v) is 17.7. The number of hydrogen-bond donors (Lipinski definition) is 0. The van der Waals surface area contributed by atoms with Crippen molar-refractivity contribution in [2.75, 3.05) is 9.80 Å². The highest BCUT2D eigenvalue weighted by Gasteiger charge is 2.52. The first kappa shape index (κ1) is 36.6. The predicted molar refractivity (Wildman–Crippen MR) is 268 cm³/mol. The van der Waals surface area contributed by atoms with Crippen molar-refractivity contribution < 1.29 is 0 Å². The number of benzene rings is 9. The van der Waals surface area contributed by atoms with Gasteiger partial charge in [-0.1, -0.05) is 146 Å². The Morgan fingerprint density at radius 3 is 1.44 bits per heavy atom. The van der Waals surface area contributed by atoms with Crippen molar-refractivity contribution in [3.05, 3.63) is 259 Å². The van der Waals surface area contributed by atoms with Gasteiger partial charge >= 0.3 is 0 Å². The van der Waals surface area contributed by atoms with Gasteiger partial charge in [-0.15, -0.1) is 11.3 Å². The third kappa shape index (κ3) is 5.43. The normalized spacial score (nSPS) is 12.8. The van der Waals surface area contributed by atoms with Crippen molar-refractivity contribution in [3.8, 4) is 33.5 Å². The summed E-state index contributed by atoms with van der Waals surface area (Å²) in [5.41, 5.74) is 18.1.